The van der Waals surface area contributed by atoms with E-state index in [1.807, 2.05) is 0 Å². The number of phosphoric acid groups is 1. The molecule has 0 amide bonds. The van der Waals surface area contributed by atoms with E-state index in [9.17, 15) is 28.9 Å². The first-order valence-corrected chi connectivity index (χ1v) is 34.0. The molecular weight excluding hydrogens is 1020 g/mol. The quantitative estimate of drug-likeness (QED) is 0.0197. The van der Waals surface area contributed by atoms with Crippen molar-refractivity contribution in [2.75, 3.05) is 26.4 Å². The monoisotopic (exact) mass is 1140 g/mol. The van der Waals surface area contributed by atoms with Crippen LogP contribution in [0.4, 0.5) is 0 Å². The van der Waals surface area contributed by atoms with Gasteiger partial charge in [-0.3, -0.25) is 23.4 Å². The molecule has 3 unspecified atom stereocenters. The van der Waals surface area contributed by atoms with E-state index in [0.717, 1.165) is 109 Å². The standard InChI is InChI=1S/C68H119O11P/c1-4-7-10-13-16-19-22-25-28-30-32-34-37-39-42-45-48-51-54-57-66(70)75-61-65(79-68(72)59-56-53-50-47-44-41-38-35-33-31-29-26-23-20-17-14-11-8-5-2)63-77-80(73,74)76-62-64(60-69)78-67(71)58-55-52-49-46-43-40-36-27-24-21-18-15-12-9-6-3/h8,11,17,20,25-29,33,35-36,41,44,64-65,69H,4-7,9-10,12-16,18-19,21-24,30-32,34,37-40,42-43,45-63H2,1-3H3,(H,73,74)/b11-8-,20-17-,28-25-,29-26-,35-33-,36-27-,44-41-. The molecule has 0 heterocycles. The van der Waals surface area contributed by atoms with E-state index >= 15 is 0 Å². The van der Waals surface area contributed by atoms with Gasteiger partial charge >= 0.3 is 25.7 Å². The summed E-state index contributed by atoms with van der Waals surface area (Å²) in [5.74, 6) is -1.51. The van der Waals surface area contributed by atoms with Crippen molar-refractivity contribution in [3.05, 3.63) is 85.1 Å². The molecule has 12 heteroatoms. The van der Waals surface area contributed by atoms with Crippen molar-refractivity contribution in [2.45, 2.75) is 303 Å². The zero-order chi connectivity index (χ0) is 58.3. The molecule has 0 aromatic carbocycles. The van der Waals surface area contributed by atoms with Crippen molar-refractivity contribution in [1.29, 1.82) is 0 Å². The number of esters is 3. The van der Waals surface area contributed by atoms with Gasteiger partial charge in [0, 0.05) is 19.3 Å². The normalized spacial score (nSPS) is 13.8. The van der Waals surface area contributed by atoms with Gasteiger partial charge < -0.3 is 24.2 Å². The summed E-state index contributed by atoms with van der Waals surface area (Å²) in [5.41, 5.74) is 0. The van der Waals surface area contributed by atoms with Crippen LogP contribution in [0.5, 0.6) is 0 Å². The molecule has 0 aliphatic carbocycles. The molecule has 0 aliphatic heterocycles. The first-order chi connectivity index (χ1) is 39.2. The Balaban J connectivity index is 4.76. The van der Waals surface area contributed by atoms with E-state index in [4.69, 9.17) is 23.3 Å². The average molecular weight is 1140 g/mol. The lowest BCUT2D eigenvalue weighted by atomic mass is 10.1. The molecule has 80 heavy (non-hydrogen) atoms. The number of hydrogen-bond acceptors (Lipinski definition) is 10. The molecule has 0 radical (unpaired) electrons. The summed E-state index contributed by atoms with van der Waals surface area (Å²) in [6, 6.07) is 0. The third-order valence-electron chi connectivity index (χ3n) is 13.8. The number of carbonyl (C=O) groups is 3. The Morgan fingerprint density at radius 3 is 1.02 bits per heavy atom. The van der Waals surface area contributed by atoms with E-state index < -0.39 is 57.8 Å². The minimum absolute atomic E-state index is 0.126. The Kier molecular flexibility index (Phi) is 59.1. The van der Waals surface area contributed by atoms with Crippen molar-refractivity contribution in [2.24, 2.45) is 0 Å². The Labute approximate surface area is 490 Å². The van der Waals surface area contributed by atoms with Crippen molar-refractivity contribution < 1.29 is 52.2 Å². The molecule has 0 aromatic rings. The highest BCUT2D eigenvalue weighted by Gasteiger charge is 2.28. The van der Waals surface area contributed by atoms with Crippen LogP contribution in [-0.4, -0.2) is 66.5 Å². The maximum Gasteiger partial charge on any atom is 0.472 e. The largest absolute Gasteiger partial charge is 0.472 e. The van der Waals surface area contributed by atoms with Gasteiger partial charge in [0.25, 0.3) is 0 Å². The smallest absolute Gasteiger partial charge is 0.462 e. The number of hydrogen-bond donors (Lipinski definition) is 2. The fraction of sp³-hybridized carbons (Fsp3) is 0.750. The van der Waals surface area contributed by atoms with Gasteiger partial charge in [-0.2, -0.15) is 0 Å². The van der Waals surface area contributed by atoms with Crippen LogP contribution in [0.1, 0.15) is 290 Å². The van der Waals surface area contributed by atoms with Crippen LogP contribution in [0.15, 0.2) is 85.1 Å². The van der Waals surface area contributed by atoms with E-state index in [-0.39, 0.29) is 25.9 Å². The number of aliphatic hydroxyl groups excluding tert-OH is 1. The minimum Gasteiger partial charge on any atom is -0.462 e. The molecule has 462 valence electrons. The van der Waals surface area contributed by atoms with Crippen LogP contribution in [0, 0.1) is 0 Å². The lowest BCUT2D eigenvalue weighted by Gasteiger charge is -2.21. The molecule has 2 N–H and O–H groups in total. The van der Waals surface area contributed by atoms with Crippen molar-refractivity contribution >= 4 is 25.7 Å². The third-order valence-corrected chi connectivity index (χ3v) is 14.7. The van der Waals surface area contributed by atoms with Crippen LogP contribution >= 0.6 is 7.82 Å². The zero-order valence-electron chi connectivity index (χ0n) is 51.3. The molecule has 0 saturated carbocycles. The highest BCUT2D eigenvalue weighted by Crippen LogP contribution is 2.43. The average Bonchev–Trinajstić information content (AvgIpc) is 3.45. The van der Waals surface area contributed by atoms with Crippen LogP contribution in [0.3, 0.4) is 0 Å². The molecule has 0 bridgehead atoms. The molecule has 0 spiro atoms. The van der Waals surface area contributed by atoms with Crippen molar-refractivity contribution in [3.8, 4) is 0 Å². The van der Waals surface area contributed by atoms with Gasteiger partial charge in [0.2, 0.25) is 0 Å². The van der Waals surface area contributed by atoms with Crippen molar-refractivity contribution in [1.82, 2.24) is 0 Å². The molecule has 0 fully saturated rings. The van der Waals surface area contributed by atoms with Crippen LogP contribution in [0.25, 0.3) is 0 Å². The Bertz CT molecular complexity index is 1670. The fourth-order valence-corrected chi connectivity index (χ4v) is 9.63. The SMILES string of the molecule is CC/C=C\C/C=C\C/C=C\C/C=C\C/C=C\CCCCCC(=O)OC(COC(=O)CCCCCCCCCCC/C=C\CCCCCCCC)COP(=O)(O)OCC(CO)OC(=O)CCCCCCC/C=C\CCCCCCCC. The van der Waals surface area contributed by atoms with E-state index in [1.54, 1.807) is 0 Å². The number of ether oxygens (including phenoxy) is 3. The summed E-state index contributed by atoms with van der Waals surface area (Å²) in [6.45, 7) is 4.51. The zero-order valence-corrected chi connectivity index (χ0v) is 52.2. The predicted molar refractivity (Wildman–Crippen MR) is 334 cm³/mol. The summed E-state index contributed by atoms with van der Waals surface area (Å²) in [4.78, 5) is 48.8. The first-order valence-electron chi connectivity index (χ1n) is 32.5. The highest BCUT2D eigenvalue weighted by atomic mass is 31.2. The van der Waals surface area contributed by atoms with Gasteiger partial charge in [-0.1, -0.05) is 241 Å². The lowest BCUT2D eigenvalue weighted by Crippen LogP contribution is -2.30. The summed E-state index contributed by atoms with van der Waals surface area (Å²) in [6.07, 6.45) is 72.5. The maximum atomic E-state index is 13.0. The van der Waals surface area contributed by atoms with Crippen LogP contribution < -0.4 is 0 Å². The predicted octanol–water partition coefficient (Wildman–Crippen LogP) is 19.8. The number of aliphatic hydroxyl groups is 1. The Hall–Kier alpha value is -3.34. The third kappa shape index (κ3) is 59.3. The number of allylic oxidation sites excluding steroid dienone is 14. The van der Waals surface area contributed by atoms with E-state index in [1.165, 1.54) is 122 Å². The summed E-state index contributed by atoms with van der Waals surface area (Å²) < 4.78 is 39.7. The topological polar surface area (TPSA) is 155 Å². The van der Waals surface area contributed by atoms with Gasteiger partial charge in [0.1, 0.15) is 12.7 Å². The molecule has 0 saturated heterocycles. The molecule has 0 rings (SSSR count). The summed E-state index contributed by atoms with van der Waals surface area (Å²) >= 11 is 0. The molecule has 0 aliphatic rings. The van der Waals surface area contributed by atoms with Gasteiger partial charge in [0.05, 0.1) is 19.8 Å². The number of rotatable bonds is 60. The second-order valence-corrected chi connectivity index (χ2v) is 23.0. The maximum absolute atomic E-state index is 13.0. The second kappa shape index (κ2) is 61.7. The fourth-order valence-electron chi connectivity index (χ4n) is 8.84. The molecule has 11 nitrogen and oxygen atoms in total. The van der Waals surface area contributed by atoms with Gasteiger partial charge in [-0.25, -0.2) is 4.57 Å². The minimum atomic E-state index is -4.77. The molecule has 0 aromatic heterocycles. The van der Waals surface area contributed by atoms with Gasteiger partial charge in [-0.15, -0.1) is 0 Å². The van der Waals surface area contributed by atoms with Crippen LogP contribution in [0.2, 0.25) is 0 Å². The van der Waals surface area contributed by atoms with E-state index in [2.05, 4.69) is 106 Å². The first kappa shape index (κ1) is 76.7. The number of carbonyl (C=O) groups excluding carboxylic acids is 3. The highest BCUT2D eigenvalue weighted by molar-refractivity contribution is 7.47. The van der Waals surface area contributed by atoms with Gasteiger partial charge in [-0.05, 0) is 116 Å². The lowest BCUT2D eigenvalue weighted by molar-refractivity contribution is -0.161. The summed E-state index contributed by atoms with van der Waals surface area (Å²) in [5, 5.41) is 9.85. The van der Waals surface area contributed by atoms with Crippen molar-refractivity contribution in [3.63, 3.8) is 0 Å². The Morgan fingerprint density at radius 2 is 0.650 bits per heavy atom. The number of unbranched alkanes of at least 4 members (excludes halogenated alkanes) is 29. The van der Waals surface area contributed by atoms with Crippen LogP contribution in [-0.2, 0) is 42.2 Å². The molecular formula is C68H119O11P. The van der Waals surface area contributed by atoms with Gasteiger partial charge in [0.15, 0.2) is 6.10 Å². The number of phosphoric ester groups is 1. The molecule has 3 atom stereocenters. The van der Waals surface area contributed by atoms with E-state index in [0.29, 0.717) is 19.3 Å². The Morgan fingerprint density at radius 1 is 0.362 bits per heavy atom. The summed E-state index contributed by atoms with van der Waals surface area (Å²) in [7, 11) is -4.77. The second-order valence-electron chi connectivity index (χ2n) is 21.5.